The first-order valence-corrected chi connectivity index (χ1v) is 23.0. The quantitative estimate of drug-likeness (QED) is 0.0928. The van der Waals surface area contributed by atoms with E-state index in [9.17, 15) is 36.5 Å². The van der Waals surface area contributed by atoms with Crippen molar-refractivity contribution >= 4 is 27.0 Å². The van der Waals surface area contributed by atoms with Gasteiger partial charge >= 0.3 is 0 Å². The zero-order chi connectivity index (χ0) is 45.8. The number of benzene rings is 7. The second-order valence-electron chi connectivity index (χ2n) is 16.8. The summed E-state index contributed by atoms with van der Waals surface area (Å²) >= 11 is 0. The molecule has 0 saturated carbocycles. The molecule has 326 valence electrons. The van der Waals surface area contributed by atoms with Crippen LogP contribution in [0.5, 0.6) is 11.5 Å². The van der Waals surface area contributed by atoms with Crippen LogP contribution in [0.25, 0.3) is 22.3 Å². The number of ether oxygens (including phenoxy) is 1. The van der Waals surface area contributed by atoms with Crippen LogP contribution in [0, 0.1) is 23.5 Å². The lowest BCUT2D eigenvalue weighted by molar-refractivity contribution is 0.103. The molecule has 0 aromatic heterocycles. The standard InChI is InChI=1S/C54H48F2O7S/c1-34(2)5-6-43-31-44(20-30-51(43)63-47-25-27-48(28-26-47)64(60,61,62)33-35(3)4)54(59)50-32-42(36-7-11-38(12-8-36)52(57)40-15-21-45(55)22-16-40)19-29-49(50)37-9-13-39(14-10-37)53(58)41-17-23-46(56)24-18-41/h7-32,34-35H,5-6,33H2,1-4H3,(H2,60,61,62). The minimum Gasteiger partial charge on any atom is -0.457 e. The predicted molar refractivity (Wildman–Crippen MR) is 248 cm³/mol. The lowest BCUT2D eigenvalue weighted by Gasteiger charge is -2.32. The topological polar surface area (TPSA) is 118 Å². The van der Waals surface area contributed by atoms with Crippen molar-refractivity contribution in [1.29, 1.82) is 0 Å². The van der Waals surface area contributed by atoms with Gasteiger partial charge in [0.25, 0.3) is 0 Å². The van der Waals surface area contributed by atoms with E-state index in [-0.39, 0.29) is 33.9 Å². The molecule has 7 nitrogen and oxygen atoms in total. The van der Waals surface area contributed by atoms with E-state index in [2.05, 4.69) is 13.8 Å². The molecule has 0 saturated heterocycles. The largest absolute Gasteiger partial charge is 0.457 e. The Labute approximate surface area is 371 Å². The van der Waals surface area contributed by atoms with Crippen molar-refractivity contribution in [2.24, 2.45) is 11.8 Å². The highest BCUT2D eigenvalue weighted by atomic mass is 32.3. The monoisotopic (exact) mass is 878 g/mol. The third kappa shape index (κ3) is 10.5. The highest BCUT2D eigenvalue weighted by molar-refractivity contribution is 8.10. The molecule has 0 unspecified atom stereocenters. The molecule has 64 heavy (non-hydrogen) atoms. The number of hydrogen-bond donors (Lipinski definition) is 2. The van der Waals surface area contributed by atoms with E-state index >= 15 is 0 Å². The van der Waals surface area contributed by atoms with Gasteiger partial charge in [-0.15, -0.1) is 0 Å². The van der Waals surface area contributed by atoms with Crippen LogP contribution in [-0.2, 0) is 16.0 Å². The average Bonchev–Trinajstić information content (AvgIpc) is 3.28. The predicted octanol–water partition coefficient (Wildman–Crippen LogP) is 13.2. The van der Waals surface area contributed by atoms with Gasteiger partial charge in [-0.25, -0.2) is 13.0 Å². The van der Waals surface area contributed by atoms with E-state index in [4.69, 9.17) is 4.74 Å². The van der Waals surface area contributed by atoms with E-state index in [0.717, 1.165) is 17.5 Å². The molecule has 0 aliphatic heterocycles. The van der Waals surface area contributed by atoms with Crippen LogP contribution in [0.15, 0.2) is 163 Å². The number of rotatable bonds is 16. The molecule has 2 N–H and O–H groups in total. The van der Waals surface area contributed by atoms with Crippen LogP contribution in [0.3, 0.4) is 0 Å². The van der Waals surface area contributed by atoms with Crippen molar-refractivity contribution < 1.29 is 41.2 Å². The van der Waals surface area contributed by atoms with Crippen molar-refractivity contribution in [3.05, 3.63) is 208 Å². The Kier molecular flexibility index (Phi) is 13.1. The molecule has 0 spiro atoms. The third-order valence-corrected chi connectivity index (χ3v) is 13.4. The summed E-state index contributed by atoms with van der Waals surface area (Å²) in [5, 5.41) is 0. The van der Waals surface area contributed by atoms with Crippen LogP contribution >= 0.6 is 0 Å². The molecule has 0 atom stereocenters. The van der Waals surface area contributed by atoms with Gasteiger partial charge in [0.15, 0.2) is 17.3 Å². The molecule has 0 aliphatic carbocycles. The number of halogens is 2. The maximum absolute atomic E-state index is 14.9. The Morgan fingerprint density at radius 2 is 1.00 bits per heavy atom. The van der Waals surface area contributed by atoms with Gasteiger partial charge in [-0.2, -0.15) is 0 Å². The first-order chi connectivity index (χ1) is 30.4. The molecule has 0 amide bonds. The van der Waals surface area contributed by atoms with Crippen LogP contribution in [0.1, 0.15) is 87.4 Å². The Morgan fingerprint density at radius 1 is 0.531 bits per heavy atom. The number of ketones is 3. The Hall–Kier alpha value is -6.72. The fourth-order valence-electron chi connectivity index (χ4n) is 7.54. The summed E-state index contributed by atoms with van der Waals surface area (Å²) in [5.41, 5.74) is 5.83. The Morgan fingerprint density at radius 3 is 1.50 bits per heavy atom. The summed E-state index contributed by atoms with van der Waals surface area (Å²) in [6.45, 7) is 7.71. The van der Waals surface area contributed by atoms with Gasteiger partial charge in [0.1, 0.15) is 32.8 Å². The fraction of sp³-hybridized carbons (Fsp3) is 0.167. The second-order valence-corrected chi connectivity index (χ2v) is 19.7. The van der Waals surface area contributed by atoms with Gasteiger partial charge in [0.05, 0.1) is 10.6 Å². The smallest absolute Gasteiger partial charge is 0.193 e. The summed E-state index contributed by atoms with van der Waals surface area (Å²) in [6, 6.07) is 41.2. The third-order valence-electron chi connectivity index (χ3n) is 10.9. The molecule has 0 aliphatic rings. The van der Waals surface area contributed by atoms with Gasteiger partial charge in [-0.05, 0) is 150 Å². The number of carbonyl (C=O) groups is 3. The van der Waals surface area contributed by atoms with Crippen molar-refractivity contribution in [3.63, 3.8) is 0 Å². The van der Waals surface area contributed by atoms with E-state index in [0.29, 0.717) is 73.9 Å². The SMILES string of the molecule is CC(C)CCc1cc(C(=O)c2cc(-c3ccc(C(=O)c4ccc(F)cc4)cc3)ccc2-c2ccc(C(=O)c3ccc(F)cc3)cc2)ccc1Oc1ccc(S(=O)(O)(O)CC(C)C)cc1. The average molecular weight is 879 g/mol. The molecule has 0 heterocycles. The molecular formula is C54H48F2O7S. The van der Waals surface area contributed by atoms with Crippen molar-refractivity contribution in [1.82, 2.24) is 0 Å². The minimum absolute atomic E-state index is 0.0967. The zero-order valence-electron chi connectivity index (χ0n) is 35.9. The number of aryl methyl sites for hydroxylation is 1. The zero-order valence-corrected chi connectivity index (χ0v) is 36.7. The Balaban J connectivity index is 1.25. The normalized spacial score (nSPS) is 12.2. The Bertz CT molecular complexity index is 2900. The minimum atomic E-state index is -5.04. The lowest BCUT2D eigenvalue weighted by atomic mass is 9.89. The molecule has 0 radical (unpaired) electrons. The van der Waals surface area contributed by atoms with Crippen LogP contribution in [-0.4, -0.2) is 36.4 Å². The summed E-state index contributed by atoms with van der Waals surface area (Å²) in [4.78, 5) is 41.2. The van der Waals surface area contributed by atoms with Crippen molar-refractivity contribution in [2.75, 3.05) is 5.75 Å². The summed E-state index contributed by atoms with van der Waals surface area (Å²) in [5.74, 6) is -0.988. The molecule has 10 heteroatoms. The van der Waals surface area contributed by atoms with Gasteiger partial charge in [0.2, 0.25) is 0 Å². The van der Waals surface area contributed by atoms with Gasteiger partial charge < -0.3 is 13.8 Å². The summed E-state index contributed by atoms with van der Waals surface area (Å²) in [6.07, 6.45) is 1.38. The molecular weight excluding hydrogens is 831 g/mol. The first-order valence-electron chi connectivity index (χ1n) is 21.0. The van der Waals surface area contributed by atoms with E-state index in [1.807, 2.05) is 18.2 Å². The van der Waals surface area contributed by atoms with E-state index in [1.54, 1.807) is 80.6 Å². The van der Waals surface area contributed by atoms with Gasteiger partial charge in [-0.1, -0.05) is 88.4 Å². The number of hydrogen-bond acceptors (Lipinski definition) is 5. The van der Waals surface area contributed by atoms with Gasteiger partial charge in [0, 0.05) is 33.4 Å². The van der Waals surface area contributed by atoms with Crippen molar-refractivity contribution in [3.8, 4) is 33.8 Å². The molecule has 0 bridgehead atoms. The van der Waals surface area contributed by atoms with Crippen LogP contribution < -0.4 is 4.74 Å². The van der Waals surface area contributed by atoms with E-state index in [1.165, 1.54) is 72.8 Å². The van der Waals surface area contributed by atoms with Crippen LogP contribution in [0.2, 0.25) is 0 Å². The molecule has 7 aromatic rings. The molecule has 7 aromatic carbocycles. The highest BCUT2D eigenvalue weighted by Crippen LogP contribution is 2.36. The molecule has 0 fully saturated rings. The lowest BCUT2D eigenvalue weighted by Crippen LogP contribution is -2.37. The maximum Gasteiger partial charge on any atom is 0.193 e. The fourth-order valence-corrected chi connectivity index (χ4v) is 9.61. The van der Waals surface area contributed by atoms with Crippen LogP contribution in [0.4, 0.5) is 8.78 Å². The number of carbonyl (C=O) groups excluding carboxylic acids is 3. The summed E-state index contributed by atoms with van der Waals surface area (Å²) in [7, 11) is -5.04. The summed E-state index contributed by atoms with van der Waals surface area (Å²) < 4.78 is 67.9. The second kappa shape index (κ2) is 18.6. The van der Waals surface area contributed by atoms with Crippen molar-refractivity contribution in [2.45, 2.75) is 45.4 Å². The first kappa shape index (κ1) is 45.3. The molecule has 7 rings (SSSR count). The maximum atomic E-state index is 14.9. The van der Waals surface area contributed by atoms with E-state index < -0.39 is 21.3 Å². The van der Waals surface area contributed by atoms with Gasteiger partial charge in [-0.3, -0.25) is 14.4 Å². The highest BCUT2D eigenvalue weighted by Gasteiger charge is 2.33.